The molecular formula is C15H19ClN2O2. The Kier molecular flexibility index (Phi) is 4.68. The Hall–Kier alpha value is -1.52. The molecule has 5 heteroatoms. The van der Waals surface area contributed by atoms with Crippen molar-refractivity contribution >= 4 is 11.6 Å². The summed E-state index contributed by atoms with van der Waals surface area (Å²) < 4.78 is 7.54. The van der Waals surface area contributed by atoms with Crippen LogP contribution in [0.4, 0.5) is 0 Å². The van der Waals surface area contributed by atoms with Crippen LogP contribution in [0.2, 0.25) is 5.02 Å². The Morgan fingerprint density at radius 3 is 2.70 bits per heavy atom. The molecule has 1 unspecified atom stereocenters. The topological polar surface area (TPSA) is 47.3 Å². The molecule has 0 aliphatic rings. The van der Waals surface area contributed by atoms with Crippen LogP contribution in [-0.4, -0.2) is 14.9 Å². The maximum Gasteiger partial charge on any atom is 0.138 e. The first-order chi connectivity index (χ1) is 9.51. The Labute approximate surface area is 123 Å². The number of benzene rings is 1. The first kappa shape index (κ1) is 14.9. The Bertz CT molecular complexity index is 594. The summed E-state index contributed by atoms with van der Waals surface area (Å²) in [5.41, 5.74) is 2.82. The zero-order valence-corrected chi connectivity index (χ0v) is 12.7. The summed E-state index contributed by atoms with van der Waals surface area (Å²) >= 11 is 6.15. The lowest BCUT2D eigenvalue weighted by Gasteiger charge is -2.10. The van der Waals surface area contributed by atoms with Crippen molar-refractivity contribution in [1.82, 2.24) is 9.78 Å². The van der Waals surface area contributed by atoms with Crippen molar-refractivity contribution in [2.24, 2.45) is 7.05 Å². The predicted molar refractivity (Wildman–Crippen MR) is 79.0 cm³/mol. The fraction of sp³-hybridized carbons (Fsp3) is 0.400. The molecule has 0 radical (unpaired) electrons. The molecule has 0 aliphatic heterocycles. The first-order valence-electron chi connectivity index (χ1n) is 6.63. The van der Waals surface area contributed by atoms with Crippen LogP contribution in [0.5, 0.6) is 5.75 Å². The van der Waals surface area contributed by atoms with E-state index in [9.17, 15) is 5.11 Å². The number of hydrogen-bond donors (Lipinski definition) is 1. The third-order valence-electron chi connectivity index (χ3n) is 3.20. The Balaban J connectivity index is 2.08. The van der Waals surface area contributed by atoms with Gasteiger partial charge in [-0.2, -0.15) is 5.10 Å². The van der Waals surface area contributed by atoms with E-state index in [0.29, 0.717) is 17.4 Å². The summed E-state index contributed by atoms with van der Waals surface area (Å²) in [5, 5.41) is 14.4. The van der Waals surface area contributed by atoms with Gasteiger partial charge < -0.3 is 9.84 Å². The van der Waals surface area contributed by atoms with Crippen LogP contribution >= 0.6 is 11.6 Å². The van der Waals surface area contributed by atoms with Crippen molar-refractivity contribution in [1.29, 1.82) is 0 Å². The van der Waals surface area contributed by atoms with E-state index in [1.165, 1.54) is 0 Å². The second-order valence-corrected chi connectivity index (χ2v) is 5.17. The molecule has 0 fully saturated rings. The molecule has 0 spiro atoms. The number of aliphatic hydroxyl groups excluding tert-OH is 1. The van der Waals surface area contributed by atoms with Crippen LogP contribution in [0.25, 0.3) is 0 Å². The molecule has 1 atom stereocenters. The summed E-state index contributed by atoms with van der Waals surface area (Å²) in [6.45, 7) is 4.18. The molecule has 2 aromatic rings. The van der Waals surface area contributed by atoms with E-state index in [0.717, 1.165) is 23.4 Å². The summed E-state index contributed by atoms with van der Waals surface area (Å²) in [4.78, 5) is 0. The third kappa shape index (κ3) is 3.32. The highest BCUT2D eigenvalue weighted by atomic mass is 35.5. The van der Waals surface area contributed by atoms with Gasteiger partial charge in [-0.05, 0) is 37.1 Å². The van der Waals surface area contributed by atoms with Gasteiger partial charge in [0.2, 0.25) is 0 Å². The van der Waals surface area contributed by atoms with Gasteiger partial charge in [-0.1, -0.05) is 24.6 Å². The van der Waals surface area contributed by atoms with Crippen LogP contribution in [0.1, 0.15) is 36.9 Å². The van der Waals surface area contributed by atoms with Gasteiger partial charge in [-0.15, -0.1) is 0 Å². The van der Waals surface area contributed by atoms with Gasteiger partial charge in [-0.3, -0.25) is 4.68 Å². The van der Waals surface area contributed by atoms with Gasteiger partial charge in [0.25, 0.3) is 0 Å². The fourth-order valence-electron chi connectivity index (χ4n) is 1.93. The van der Waals surface area contributed by atoms with Crippen molar-refractivity contribution in [3.05, 3.63) is 46.2 Å². The zero-order valence-electron chi connectivity index (χ0n) is 11.9. The van der Waals surface area contributed by atoms with E-state index in [1.54, 1.807) is 19.1 Å². The van der Waals surface area contributed by atoms with Gasteiger partial charge in [0, 0.05) is 7.05 Å². The monoisotopic (exact) mass is 294 g/mol. The van der Waals surface area contributed by atoms with E-state index in [-0.39, 0.29) is 0 Å². The Morgan fingerprint density at radius 1 is 1.40 bits per heavy atom. The first-order valence-corrected chi connectivity index (χ1v) is 7.01. The molecule has 0 saturated heterocycles. The highest BCUT2D eigenvalue weighted by molar-refractivity contribution is 6.32. The van der Waals surface area contributed by atoms with Crippen LogP contribution in [0.3, 0.4) is 0 Å². The second-order valence-electron chi connectivity index (χ2n) is 4.76. The molecule has 4 nitrogen and oxygen atoms in total. The van der Waals surface area contributed by atoms with Gasteiger partial charge >= 0.3 is 0 Å². The normalized spacial score (nSPS) is 12.4. The molecule has 0 saturated carbocycles. The number of rotatable bonds is 5. The van der Waals surface area contributed by atoms with Crippen LogP contribution in [0, 0.1) is 0 Å². The average molecular weight is 295 g/mol. The number of aryl methyl sites for hydroxylation is 2. The molecule has 1 aromatic heterocycles. The van der Waals surface area contributed by atoms with E-state index in [2.05, 4.69) is 12.0 Å². The molecule has 0 amide bonds. The quantitative estimate of drug-likeness (QED) is 0.920. The Morgan fingerprint density at radius 2 is 2.15 bits per heavy atom. The van der Waals surface area contributed by atoms with Gasteiger partial charge in [0.05, 0.1) is 22.5 Å². The summed E-state index contributed by atoms with van der Waals surface area (Å²) in [6.07, 6.45) is 0.364. The molecule has 1 N–H and O–H groups in total. The molecule has 0 aliphatic carbocycles. The highest BCUT2D eigenvalue weighted by Gasteiger charge is 2.09. The smallest absolute Gasteiger partial charge is 0.138 e. The van der Waals surface area contributed by atoms with Crippen LogP contribution < -0.4 is 4.74 Å². The average Bonchev–Trinajstić information content (AvgIpc) is 2.78. The minimum absolute atomic E-state index is 0.414. The summed E-state index contributed by atoms with van der Waals surface area (Å²) in [6, 6.07) is 7.34. The zero-order chi connectivity index (χ0) is 14.7. The second kappa shape index (κ2) is 6.29. The maximum atomic E-state index is 9.50. The lowest BCUT2D eigenvalue weighted by Crippen LogP contribution is -2.03. The number of halogens is 1. The summed E-state index contributed by atoms with van der Waals surface area (Å²) in [7, 11) is 1.90. The third-order valence-corrected chi connectivity index (χ3v) is 3.50. The highest BCUT2D eigenvalue weighted by Crippen LogP contribution is 2.28. The van der Waals surface area contributed by atoms with Gasteiger partial charge in [0.15, 0.2) is 0 Å². The molecule has 20 heavy (non-hydrogen) atoms. The maximum absolute atomic E-state index is 9.50. The lowest BCUT2D eigenvalue weighted by atomic mass is 10.1. The fourth-order valence-corrected chi connectivity index (χ4v) is 2.17. The molecule has 2 rings (SSSR count). The van der Waals surface area contributed by atoms with Crippen molar-refractivity contribution in [3.8, 4) is 5.75 Å². The molecular weight excluding hydrogens is 276 g/mol. The number of aromatic nitrogens is 2. The van der Waals surface area contributed by atoms with Crippen molar-refractivity contribution in [3.63, 3.8) is 0 Å². The number of hydrogen-bond acceptors (Lipinski definition) is 3. The van der Waals surface area contributed by atoms with E-state index in [1.807, 2.05) is 23.9 Å². The molecule has 108 valence electrons. The van der Waals surface area contributed by atoms with Crippen LogP contribution in [0.15, 0.2) is 24.3 Å². The number of ether oxygens (including phenoxy) is 1. The summed E-state index contributed by atoms with van der Waals surface area (Å²) in [5.74, 6) is 0.607. The molecule has 1 aromatic carbocycles. The molecule has 0 bridgehead atoms. The minimum atomic E-state index is -0.536. The predicted octanol–water partition coefficient (Wildman–Crippen LogP) is 3.27. The van der Waals surface area contributed by atoms with Crippen LogP contribution in [-0.2, 0) is 20.1 Å². The van der Waals surface area contributed by atoms with Gasteiger partial charge in [0.1, 0.15) is 12.4 Å². The van der Waals surface area contributed by atoms with Crippen molar-refractivity contribution < 1.29 is 9.84 Å². The molecule has 1 heterocycles. The van der Waals surface area contributed by atoms with E-state index >= 15 is 0 Å². The number of aliphatic hydroxyl groups is 1. The van der Waals surface area contributed by atoms with Crippen molar-refractivity contribution in [2.75, 3.05) is 0 Å². The van der Waals surface area contributed by atoms with E-state index < -0.39 is 6.10 Å². The van der Waals surface area contributed by atoms with Crippen molar-refractivity contribution in [2.45, 2.75) is 33.0 Å². The minimum Gasteiger partial charge on any atom is -0.486 e. The lowest BCUT2D eigenvalue weighted by molar-refractivity contribution is 0.199. The van der Waals surface area contributed by atoms with E-state index in [4.69, 9.17) is 16.3 Å². The standard InChI is InChI=1S/C15H19ClN2O2/c1-4-12-8-13(18(3)17-12)9-20-15-6-5-11(10(2)19)7-14(15)16/h5-8,10,19H,4,9H2,1-3H3. The SMILES string of the molecule is CCc1cc(COc2ccc(C(C)O)cc2Cl)n(C)n1. The largest absolute Gasteiger partial charge is 0.486 e. The number of nitrogens with zero attached hydrogens (tertiary/aromatic N) is 2. The van der Waals surface area contributed by atoms with Gasteiger partial charge in [-0.25, -0.2) is 0 Å².